The van der Waals surface area contributed by atoms with Gasteiger partial charge in [-0.2, -0.15) is 5.26 Å². The highest BCUT2D eigenvalue weighted by Crippen LogP contribution is 2.33. The van der Waals surface area contributed by atoms with Gasteiger partial charge in [-0.3, -0.25) is 0 Å². The molecule has 2 rings (SSSR count). The second kappa shape index (κ2) is 5.14. The van der Waals surface area contributed by atoms with Gasteiger partial charge in [0, 0.05) is 9.75 Å². The highest BCUT2D eigenvalue weighted by atomic mass is 32.1. The van der Waals surface area contributed by atoms with Gasteiger partial charge in [0.1, 0.15) is 6.10 Å². The first-order valence-corrected chi connectivity index (χ1v) is 6.74. The number of aliphatic hydroxyl groups excluding tert-OH is 1. The molecular formula is C15H15NO2S. The van der Waals surface area contributed by atoms with E-state index in [9.17, 15) is 10.2 Å². The van der Waals surface area contributed by atoms with Crippen LogP contribution in [0.3, 0.4) is 0 Å². The maximum Gasteiger partial charge on any atom is 0.113 e. The van der Waals surface area contributed by atoms with Gasteiger partial charge in [-0.25, -0.2) is 0 Å². The molecule has 1 aromatic carbocycles. The van der Waals surface area contributed by atoms with E-state index >= 15 is 0 Å². The first-order valence-electron chi connectivity index (χ1n) is 5.92. The van der Waals surface area contributed by atoms with Crippen molar-refractivity contribution in [1.82, 2.24) is 0 Å². The van der Waals surface area contributed by atoms with Crippen LogP contribution in [0.5, 0.6) is 0 Å². The zero-order chi connectivity index (χ0) is 14.0. The second-order valence-corrected chi connectivity index (χ2v) is 6.01. The first-order chi connectivity index (χ1) is 8.91. The lowest BCUT2D eigenvalue weighted by molar-refractivity contribution is 0.0825. The summed E-state index contributed by atoms with van der Waals surface area (Å²) in [5.41, 5.74) is 0.412. The Balaban J connectivity index is 2.26. The average molecular weight is 273 g/mol. The predicted molar refractivity (Wildman–Crippen MR) is 74.8 cm³/mol. The molecule has 0 spiro atoms. The van der Waals surface area contributed by atoms with Crippen LogP contribution in [-0.4, -0.2) is 10.2 Å². The number of nitrogens with zero attached hydrogens (tertiary/aromatic N) is 1. The minimum absolute atomic E-state index is 0.569. The van der Waals surface area contributed by atoms with Crippen LogP contribution in [0.15, 0.2) is 36.4 Å². The zero-order valence-electron chi connectivity index (χ0n) is 10.8. The van der Waals surface area contributed by atoms with E-state index in [1.54, 1.807) is 38.1 Å². The van der Waals surface area contributed by atoms with E-state index in [1.807, 2.05) is 18.2 Å². The summed E-state index contributed by atoms with van der Waals surface area (Å²) in [6.45, 7) is 3.44. The number of hydrogen-bond donors (Lipinski definition) is 2. The van der Waals surface area contributed by atoms with E-state index in [-0.39, 0.29) is 0 Å². The quantitative estimate of drug-likeness (QED) is 0.903. The highest BCUT2D eigenvalue weighted by molar-refractivity contribution is 7.12. The molecule has 98 valence electrons. The first kappa shape index (κ1) is 13.8. The van der Waals surface area contributed by atoms with Gasteiger partial charge in [-0.15, -0.1) is 11.3 Å². The van der Waals surface area contributed by atoms with E-state index < -0.39 is 11.7 Å². The van der Waals surface area contributed by atoms with Crippen molar-refractivity contribution in [3.05, 3.63) is 57.3 Å². The van der Waals surface area contributed by atoms with Crippen molar-refractivity contribution >= 4 is 11.3 Å². The summed E-state index contributed by atoms with van der Waals surface area (Å²) in [6, 6.07) is 12.5. The van der Waals surface area contributed by atoms with Crippen molar-refractivity contribution in [3.63, 3.8) is 0 Å². The average Bonchev–Trinajstić information content (AvgIpc) is 2.87. The maximum absolute atomic E-state index is 10.3. The van der Waals surface area contributed by atoms with Crippen LogP contribution in [0.1, 0.15) is 40.8 Å². The summed E-state index contributed by atoms with van der Waals surface area (Å²) in [7, 11) is 0. The third-order valence-corrected chi connectivity index (χ3v) is 4.31. The van der Waals surface area contributed by atoms with Crippen LogP contribution in [0.2, 0.25) is 0 Å². The van der Waals surface area contributed by atoms with Crippen molar-refractivity contribution < 1.29 is 10.2 Å². The topological polar surface area (TPSA) is 64.2 Å². The monoisotopic (exact) mass is 273 g/mol. The summed E-state index contributed by atoms with van der Waals surface area (Å²) >= 11 is 1.39. The summed E-state index contributed by atoms with van der Waals surface area (Å²) in [6.07, 6.45) is -0.728. The number of thiophene rings is 1. The Morgan fingerprint density at radius 2 is 1.79 bits per heavy atom. The second-order valence-electron chi connectivity index (χ2n) is 4.90. The van der Waals surface area contributed by atoms with Gasteiger partial charge in [0.2, 0.25) is 0 Å². The van der Waals surface area contributed by atoms with Crippen molar-refractivity contribution in [1.29, 1.82) is 5.26 Å². The normalized spacial score (nSPS) is 13.0. The Hall–Kier alpha value is -1.67. The predicted octanol–water partition coefficient (Wildman–Crippen LogP) is 2.93. The van der Waals surface area contributed by atoms with Crippen LogP contribution in [-0.2, 0) is 5.60 Å². The van der Waals surface area contributed by atoms with E-state index in [0.29, 0.717) is 5.56 Å². The molecular weight excluding hydrogens is 258 g/mol. The fraction of sp³-hybridized carbons (Fsp3) is 0.267. The Bertz CT molecular complexity index is 602. The fourth-order valence-electron chi connectivity index (χ4n) is 1.73. The molecule has 19 heavy (non-hydrogen) atoms. The summed E-state index contributed by atoms with van der Waals surface area (Å²) in [4.78, 5) is 1.59. The van der Waals surface area contributed by atoms with Crippen molar-refractivity contribution in [2.24, 2.45) is 0 Å². The molecule has 4 heteroatoms. The zero-order valence-corrected chi connectivity index (χ0v) is 11.6. The molecule has 2 aromatic rings. The van der Waals surface area contributed by atoms with Gasteiger partial charge >= 0.3 is 0 Å². The largest absolute Gasteiger partial charge is 0.385 e. The van der Waals surface area contributed by atoms with Crippen LogP contribution < -0.4 is 0 Å². The summed E-state index contributed by atoms with van der Waals surface area (Å²) in [5, 5.41) is 28.9. The lowest BCUT2D eigenvalue weighted by atomic mass is 10.1. The molecule has 0 aliphatic heterocycles. The van der Waals surface area contributed by atoms with E-state index in [0.717, 1.165) is 15.3 Å². The Labute approximate surface area is 116 Å². The summed E-state index contributed by atoms with van der Waals surface area (Å²) < 4.78 is 0. The third kappa shape index (κ3) is 3.02. The van der Waals surface area contributed by atoms with Crippen molar-refractivity contribution in [3.8, 4) is 6.07 Å². The van der Waals surface area contributed by atoms with Gasteiger partial charge in [-0.1, -0.05) is 12.1 Å². The van der Waals surface area contributed by atoms with Crippen LogP contribution in [0.25, 0.3) is 0 Å². The smallest absolute Gasteiger partial charge is 0.113 e. The lowest BCUT2D eigenvalue weighted by Crippen LogP contribution is -2.12. The Morgan fingerprint density at radius 1 is 1.16 bits per heavy atom. The van der Waals surface area contributed by atoms with Crippen LogP contribution in [0, 0.1) is 11.3 Å². The fourth-order valence-corrected chi connectivity index (χ4v) is 2.76. The number of nitriles is 1. The number of rotatable bonds is 3. The molecule has 0 saturated heterocycles. The number of hydrogen-bond acceptors (Lipinski definition) is 4. The Morgan fingerprint density at radius 3 is 2.26 bits per heavy atom. The maximum atomic E-state index is 10.3. The molecule has 1 aromatic heterocycles. The Kier molecular flexibility index (Phi) is 3.72. The molecule has 0 aliphatic rings. The van der Waals surface area contributed by atoms with E-state index in [4.69, 9.17) is 5.26 Å². The van der Waals surface area contributed by atoms with Gasteiger partial charge in [0.25, 0.3) is 0 Å². The van der Waals surface area contributed by atoms with Crippen LogP contribution in [0.4, 0.5) is 0 Å². The van der Waals surface area contributed by atoms with E-state index in [1.165, 1.54) is 11.3 Å². The molecule has 2 N–H and O–H groups in total. The minimum Gasteiger partial charge on any atom is -0.385 e. The SMILES string of the molecule is CC(C)(O)c1ccc(C(O)c2ccc(C#N)cc2)s1. The molecule has 1 unspecified atom stereocenters. The molecule has 0 radical (unpaired) electrons. The summed E-state index contributed by atoms with van der Waals surface area (Å²) in [5.74, 6) is 0. The lowest BCUT2D eigenvalue weighted by Gasteiger charge is -2.14. The van der Waals surface area contributed by atoms with Crippen molar-refractivity contribution in [2.45, 2.75) is 25.6 Å². The van der Waals surface area contributed by atoms with E-state index in [2.05, 4.69) is 0 Å². The number of benzene rings is 1. The molecule has 0 fully saturated rings. The molecule has 0 amide bonds. The van der Waals surface area contributed by atoms with Gasteiger partial charge in [0.15, 0.2) is 0 Å². The molecule has 0 aliphatic carbocycles. The molecule has 0 saturated carbocycles. The third-order valence-electron chi connectivity index (χ3n) is 2.85. The van der Waals surface area contributed by atoms with Gasteiger partial charge in [0.05, 0.1) is 17.2 Å². The molecule has 0 bridgehead atoms. The van der Waals surface area contributed by atoms with Crippen LogP contribution >= 0.6 is 11.3 Å². The highest BCUT2D eigenvalue weighted by Gasteiger charge is 2.21. The molecule has 1 heterocycles. The van der Waals surface area contributed by atoms with Gasteiger partial charge in [-0.05, 0) is 43.7 Å². The minimum atomic E-state index is -0.896. The number of aliphatic hydroxyl groups is 2. The van der Waals surface area contributed by atoms with Crippen molar-refractivity contribution in [2.75, 3.05) is 0 Å². The van der Waals surface area contributed by atoms with Gasteiger partial charge < -0.3 is 10.2 Å². The molecule has 3 nitrogen and oxygen atoms in total. The molecule has 1 atom stereocenters. The standard InChI is InChI=1S/C15H15NO2S/c1-15(2,18)13-8-7-12(19-13)14(17)11-5-3-10(9-16)4-6-11/h3-8,14,17-18H,1-2H3.